The van der Waals surface area contributed by atoms with Gasteiger partial charge < -0.3 is 0 Å². The van der Waals surface area contributed by atoms with Crippen LogP contribution in [0.15, 0.2) is 12.4 Å². The summed E-state index contributed by atoms with van der Waals surface area (Å²) in [5, 5.41) is 25.9. The topological polar surface area (TPSA) is 84.3 Å². The summed E-state index contributed by atoms with van der Waals surface area (Å²) in [6.45, 7) is 0. The van der Waals surface area contributed by atoms with Crippen LogP contribution in [0, 0.1) is 35.6 Å². The van der Waals surface area contributed by atoms with E-state index in [2.05, 4.69) is 4.98 Å². The minimum absolute atomic E-state index is 0.341. The van der Waals surface area contributed by atoms with Crippen molar-refractivity contribution in [3.63, 3.8) is 0 Å². The Morgan fingerprint density at radius 2 is 1.62 bits per heavy atom. The van der Waals surface area contributed by atoms with Crippen molar-refractivity contribution in [3.8, 4) is 16.2 Å². The Labute approximate surface area is 85.3 Å². The van der Waals surface area contributed by atoms with E-state index >= 15 is 0 Å². The summed E-state index contributed by atoms with van der Waals surface area (Å²) >= 11 is -0.906. The Morgan fingerprint density at radius 3 is 2.00 bits per heavy atom. The number of hydrogen-bond donors (Lipinski definition) is 0. The fourth-order valence-corrected chi connectivity index (χ4v) is 2.09. The fraction of sp³-hybridized carbons (Fsp3) is 0. The van der Waals surface area contributed by atoms with E-state index in [1.54, 1.807) is 0 Å². The van der Waals surface area contributed by atoms with Crippen molar-refractivity contribution in [3.05, 3.63) is 27.1 Å². The minimum atomic E-state index is -0.906. The summed E-state index contributed by atoms with van der Waals surface area (Å²) in [5.74, 6) is 0. The first-order valence-electron chi connectivity index (χ1n) is 3.14. The van der Waals surface area contributed by atoms with Gasteiger partial charge in [-0.1, -0.05) is 0 Å². The van der Waals surface area contributed by atoms with Crippen molar-refractivity contribution >= 4 is 0 Å². The number of nitrogens with zero attached hydrogens (tertiary/aromatic N) is 4. The molecule has 0 atom stereocenters. The van der Waals surface area contributed by atoms with Gasteiger partial charge in [-0.3, -0.25) is 0 Å². The molecule has 0 unspecified atom stereocenters. The summed E-state index contributed by atoms with van der Waals surface area (Å²) in [4.78, 5) is 3.73. The first-order valence-corrected chi connectivity index (χ1v) is 5.30. The number of nitriles is 3. The van der Waals surface area contributed by atoms with Gasteiger partial charge in [-0.2, -0.15) is 0 Å². The second-order valence-electron chi connectivity index (χ2n) is 1.95. The van der Waals surface area contributed by atoms with Gasteiger partial charge in [0.15, 0.2) is 0 Å². The van der Waals surface area contributed by atoms with E-state index in [0.717, 1.165) is 0 Å². The number of pyridine rings is 1. The quantitative estimate of drug-likeness (QED) is 0.535. The van der Waals surface area contributed by atoms with E-state index in [9.17, 15) is 0 Å². The van der Waals surface area contributed by atoms with E-state index in [0.29, 0.717) is 14.7 Å². The Hall–Kier alpha value is -1.65. The van der Waals surface area contributed by atoms with Crippen molar-refractivity contribution in [1.82, 2.24) is 4.98 Å². The number of rotatable bonds is 1. The van der Waals surface area contributed by atoms with Crippen LogP contribution in [-0.4, -0.2) is 4.98 Å². The molecule has 0 aliphatic rings. The van der Waals surface area contributed by atoms with Gasteiger partial charge in [-0.05, 0) is 0 Å². The monoisotopic (exact) mass is 281 g/mol. The third-order valence-corrected chi connectivity index (χ3v) is 3.20. The van der Waals surface area contributed by atoms with Gasteiger partial charge in [0.25, 0.3) is 0 Å². The zero-order valence-corrected chi connectivity index (χ0v) is 8.48. The summed E-state index contributed by atoms with van der Waals surface area (Å²) in [7, 11) is 0. The third-order valence-electron chi connectivity index (χ3n) is 1.26. The zero-order chi connectivity index (χ0) is 9.68. The second-order valence-corrected chi connectivity index (χ2v) is 4.05. The molecule has 1 aromatic rings. The van der Waals surface area contributed by atoms with Gasteiger partial charge in [-0.15, -0.1) is 0 Å². The Bertz CT molecular complexity index is 414. The standard InChI is InChI=1S/C8H2IN4/c10-1-6-3-13-4-7(2-11)8(6)9-5-12/h3-4H/q-1. The van der Waals surface area contributed by atoms with Crippen molar-refractivity contribution < 1.29 is 21.2 Å². The van der Waals surface area contributed by atoms with E-state index in [4.69, 9.17) is 15.8 Å². The molecule has 62 valence electrons. The van der Waals surface area contributed by atoms with Crippen LogP contribution in [0.25, 0.3) is 0 Å². The molecule has 0 aromatic carbocycles. The van der Waals surface area contributed by atoms with Crippen LogP contribution in [-0.2, 0) is 0 Å². The van der Waals surface area contributed by atoms with Crippen LogP contribution in [0.4, 0.5) is 0 Å². The average molecular weight is 281 g/mol. The molecule has 1 aromatic heterocycles. The number of aromatic nitrogens is 1. The molecule has 0 amide bonds. The van der Waals surface area contributed by atoms with Gasteiger partial charge in [0.1, 0.15) is 0 Å². The van der Waals surface area contributed by atoms with E-state index in [-0.39, 0.29) is 0 Å². The maximum atomic E-state index is 8.67. The van der Waals surface area contributed by atoms with Crippen LogP contribution in [0.2, 0.25) is 0 Å². The molecule has 0 bridgehead atoms. The molecular weight excluding hydrogens is 279 g/mol. The molecule has 0 saturated heterocycles. The molecule has 0 fully saturated rings. The summed E-state index contributed by atoms with van der Waals surface area (Å²) in [5.41, 5.74) is 0.682. The molecule has 0 N–H and O–H groups in total. The second kappa shape index (κ2) is 4.39. The van der Waals surface area contributed by atoms with Crippen LogP contribution < -0.4 is 21.2 Å². The Balaban J connectivity index is 3.36. The van der Waals surface area contributed by atoms with Crippen LogP contribution in [0.3, 0.4) is 0 Å². The zero-order valence-electron chi connectivity index (χ0n) is 6.32. The van der Waals surface area contributed by atoms with Gasteiger partial charge in [0.2, 0.25) is 0 Å². The van der Waals surface area contributed by atoms with Crippen LogP contribution >= 0.6 is 0 Å². The first-order chi connectivity index (χ1) is 6.33. The van der Waals surface area contributed by atoms with Gasteiger partial charge in [-0.25, -0.2) is 0 Å². The molecule has 13 heavy (non-hydrogen) atoms. The van der Waals surface area contributed by atoms with E-state index < -0.39 is 21.2 Å². The van der Waals surface area contributed by atoms with Gasteiger partial charge >= 0.3 is 85.3 Å². The maximum absolute atomic E-state index is 8.67. The van der Waals surface area contributed by atoms with Crippen LogP contribution in [0.1, 0.15) is 11.1 Å². The fourth-order valence-electron chi connectivity index (χ4n) is 0.745. The molecule has 0 aliphatic carbocycles. The van der Waals surface area contributed by atoms with E-state index in [1.165, 1.54) is 12.4 Å². The molecule has 0 aliphatic heterocycles. The Kier molecular flexibility index (Phi) is 3.19. The van der Waals surface area contributed by atoms with Gasteiger partial charge in [0, 0.05) is 0 Å². The van der Waals surface area contributed by atoms with Crippen molar-refractivity contribution in [2.45, 2.75) is 0 Å². The molecule has 0 spiro atoms. The SMILES string of the molecule is N#C[I-]c1c(C#N)cncc1C#N. The van der Waals surface area contributed by atoms with Crippen molar-refractivity contribution in [2.24, 2.45) is 0 Å². The predicted molar refractivity (Wildman–Crippen MR) is 38.0 cm³/mol. The first kappa shape index (κ1) is 9.44. The van der Waals surface area contributed by atoms with Gasteiger partial charge in [0.05, 0.1) is 0 Å². The van der Waals surface area contributed by atoms with Crippen molar-refractivity contribution in [1.29, 1.82) is 15.8 Å². The molecule has 0 radical (unpaired) electrons. The summed E-state index contributed by atoms with van der Waals surface area (Å²) < 4.78 is 2.58. The third kappa shape index (κ3) is 1.93. The van der Waals surface area contributed by atoms with Crippen LogP contribution in [0.5, 0.6) is 0 Å². The predicted octanol–water partition coefficient (Wildman–Crippen LogP) is -2.44. The molecule has 1 heterocycles. The molecule has 5 heteroatoms. The Morgan fingerprint density at radius 1 is 1.08 bits per heavy atom. The van der Waals surface area contributed by atoms with Crippen molar-refractivity contribution in [2.75, 3.05) is 0 Å². The summed E-state index contributed by atoms with van der Waals surface area (Å²) in [6, 6.07) is 3.84. The molecule has 1 rings (SSSR count). The normalized spacial score (nSPS) is 8.38. The number of halogens is 1. The van der Waals surface area contributed by atoms with E-state index in [1.807, 2.05) is 16.2 Å². The molecular formula is C8H2IN4-. The molecule has 4 nitrogen and oxygen atoms in total. The summed E-state index contributed by atoms with van der Waals surface area (Å²) in [6.07, 6.45) is 2.76. The number of hydrogen-bond acceptors (Lipinski definition) is 4. The average Bonchev–Trinajstić information content (AvgIpc) is 2.18. The molecule has 0 saturated carbocycles.